The number of nitrogens with one attached hydrogen (secondary N) is 2. The van der Waals surface area contributed by atoms with Gasteiger partial charge in [-0.2, -0.15) is 5.10 Å². The first-order valence-corrected chi connectivity index (χ1v) is 19.7. The molecule has 0 radical (unpaired) electrons. The van der Waals surface area contributed by atoms with Crippen LogP contribution in [0.3, 0.4) is 0 Å². The van der Waals surface area contributed by atoms with Gasteiger partial charge in [-0.3, -0.25) is 9.72 Å². The number of rotatable bonds is 12. The summed E-state index contributed by atoms with van der Waals surface area (Å²) in [5, 5.41) is 20.2. The second-order valence-electron chi connectivity index (χ2n) is 14.5. The number of carbonyl (C=O) groups is 1. The van der Waals surface area contributed by atoms with Gasteiger partial charge in [0.25, 0.3) is 0 Å². The van der Waals surface area contributed by atoms with Crippen LogP contribution in [0.5, 0.6) is 5.75 Å². The minimum Gasteiger partial charge on any atom is -0.489 e. The molecule has 8 aromatic rings. The Hall–Kier alpha value is -6.65. The van der Waals surface area contributed by atoms with Gasteiger partial charge in [-0.1, -0.05) is 123 Å². The second kappa shape index (κ2) is 16.2. The van der Waals surface area contributed by atoms with Crippen LogP contribution in [0.15, 0.2) is 162 Å². The van der Waals surface area contributed by atoms with E-state index >= 15 is 0 Å². The fourth-order valence-corrected chi connectivity index (χ4v) is 7.93. The van der Waals surface area contributed by atoms with Gasteiger partial charge in [-0.05, 0) is 84.1 Å². The van der Waals surface area contributed by atoms with Gasteiger partial charge >= 0.3 is 6.03 Å². The van der Waals surface area contributed by atoms with Gasteiger partial charge in [-0.15, -0.1) is 10.2 Å². The van der Waals surface area contributed by atoms with E-state index in [4.69, 9.17) is 9.84 Å². The number of urea groups is 1. The lowest BCUT2D eigenvalue weighted by molar-refractivity contribution is 0.251. The summed E-state index contributed by atoms with van der Waals surface area (Å²) in [6.45, 7) is 9.30. The monoisotopic (exact) mass is 769 g/mol. The minimum absolute atomic E-state index is 0.321. The molecule has 5 aromatic carbocycles. The number of nitrogens with zero attached hydrogens (tertiary/aromatic N) is 5. The van der Waals surface area contributed by atoms with Crippen LogP contribution in [0.2, 0.25) is 0 Å². The van der Waals surface area contributed by atoms with E-state index in [0.717, 1.165) is 60.6 Å². The third-order valence-electron chi connectivity index (χ3n) is 10.1. The van der Waals surface area contributed by atoms with E-state index in [2.05, 4.69) is 85.1 Å². The molecule has 9 nitrogen and oxygen atoms in total. The predicted octanol–water partition coefficient (Wildman–Crippen LogP) is 10.6. The molecule has 0 aliphatic heterocycles. The minimum atomic E-state index is -0.436. The summed E-state index contributed by atoms with van der Waals surface area (Å²) in [6.07, 6.45) is 2.07. The van der Waals surface area contributed by atoms with Gasteiger partial charge in [0.15, 0.2) is 11.5 Å². The molecule has 0 aliphatic carbocycles. The number of amides is 2. The summed E-state index contributed by atoms with van der Waals surface area (Å²) in [6, 6.07) is 48.1. The van der Waals surface area contributed by atoms with Crippen molar-refractivity contribution in [3.63, 3.8) is 0 Å². The van der Waals surface area contributed by atoms with E-state index < -0.39 is 5.41 Å². The van der Waals surface area contributed by atoms with E-state index in [-0.39, 0.29) is 6.03 Å². The highest BCUT2D eigenvalue weighted by molar-refractivity contribution is 7.99. The molecule has 10 heteroatoms. The number of carbonyl (C=O) groups excluding carboxylic acids is 1. The quantitative estimate of drug-likeness (QED) is 0.128. The molecule has 57 heavy (non-hydrogen) atoms. The van der Waals surface area contributed by atoms with Crippen LogP contribution in [0.4, 0.5) is 10.6 Å². The first kappa shape index (κ1) is 37.3. The molecule has 2 N–H and O–H groups in total. The van der Waals surface area contributed by atoms with Gasteiger partial charge in [-0.25, -0.2) is 9.48 Å². The van der Waals surface area contributed by atoms with Crippen molar-refractivity contribution in [2.45, 2.75) is 56.1 Å². The zero-order valence-corrected chi connectivity index (χ0v) is 33.1. The highest BCUT2D eigenvalue weighted by atomic mass is 32.2. The molecule has 0 bridgehead atoms. The number of aromatic nitrogens is 5. The fourth-order valence-electron chi connectivity index (χ4n) is 6.96. The summed E-state index contributed by atoms with van der Waals surface area (Å²) in [4.78, 5) is 15.8. The topological polar surface area (TPSA) is 98.4 Å². The molecule has 0 unspecified atom stereocenters. The smallest absolute Gasteiger partial charge is 0.320 e. The van der Waals surface area contributed by atoms with E-state index in [1.807, 2.05) is 120 Å². The summed E-state index contributed by atoms with van der Waals surface area (Å²) in [7, 11) is 0. The molecular formula is C47H43N7O2S. The maximum atomic E-state index is 13.7. The number of hydrogen-bond acceptors (Lipinski definition) is 6. The number of anilines is 1. The molecule has 0 saturated carbocycles. The Bertz CT molecular complexity index is 2670. The lowest BCUT2D eigenvalue weighted by Crippen LogP contribution is -2.29. The van der Waals surface area contributed by atoms with Crippen molar-refractivity contribution in [2.24, 2.45) is 0 Å². The Morgan fingerprint density at radius 1 is 0.772 bits per heavy atom. The molecule has 0 saturated heterocycles. The van der Waals surface area contributed by atoms with E-state index in [1.165, 1.54) is 11.1 Å². The van der Waals surface area contributed by atoms with E-state index in [0.29, 0.717) is 19.0 Å². The van der Waals surface area contributed by atoms with Gasteiger partial charge in [0.1, 0.15) is 18.2 Å². The molecule has 0 spiro atoms. The Balaban J connectivity index is 1.01. The molecule has 2 amide bonds. The van der Waals surface area contributed by atoms with Gasteiger partial charge in [0.2, 0.25) is 0 Å². The average Bonchev–Trinajstić information content (AvgIpc) is 3.85. The number of pyridine rings is 1. The molecular weight excluding hydrogens is 727 g/mol. The van der Waals surface area contributed by atoms with Crippen molar-refractivity contribution >= 4 is 29.3 Å². The fraction of sp³-hybridized carbons (Fsp3) is 0.149. The normalized spacial score (nSPS) is 11.4. The third kappa shape index (κ3) is 8.17. The van der Waals surface area contributed by atoms with Crippen molar-refractivity contribution in [2.75, 3.05) is 5.32 Å². The number of benzene rings is 5. The first-order chi connectivity index (χ1) is 27.7. The highest BCUT2D eigenvalue weighted by Gasteiger charge is 2.29. The molecule has 3 heterocycles. The van der Waals surface area contributed by atoms with Crippen LogP contribution < -0.4 is 15.4 Å². The van der Waals surface area contributed by atoms with Crippen LogP contribution >= 0.6 is 11.8 Å². The summed E-state index contributed by atoms with van der Waals surface area (Å²) >= 11 is 1.63. The Morgan fingerprint density at radius 3 is 2.28 bits per heavy atom. The van der Waals surface area contributed by atoms with Crippen LogP contribution in [-0.4, -0.2) is 30.4 Å². The van der Waals surface area contributed by atoms with Crippen molar-refractivity contribution in [1.82, 2.24) is 29.7 Å². The SMILES string of the molecule is Cc1ccccc1-c1nnc2ccc(Sc3ccccc3CNC(=O)Nc3cc(C(C)(C)c4ccccc4C)nn3-c3ccc(OCc4ccccc4)cc3)cn12. The van der Waals surface area contributed by atoms with Gasteiger partial charge in [0, 0.05) is 39.6 Å². The summed E-state index contributed by atoms with van der Waals surface area (Å²) < 4.78 is 9.87. The van der Waals surface area contributed by atoms with Crippen molar-refractivity contribution in [1.29, 1.82) is 0 Å². The van der Waals surface area contributed by atoms with Crippen LogP contribution in [0.25, 0.3) is 22.7 Å². The number of aryl methyl sites for hydroxylation is 2. The molecule has 0 atom stereocenters. The Morgan fingerprint density at radius 2 is 1.49 bits per heavy atom. The van der Waals surface area contributed by atoms with Gasteiger partial charge < -0.3 is 10.1 Å². The highest BCUT2D eigenvalue weighted by Crippen LogP contribution is 2.36. The van der Waals surface area contributed by atoms with E-state index in [9.17, 15) is 4.79 Å². The van der Waals surface area contributed by atoms with E-state index in [1.54, 1.807) is 16.4 Å². The zero-order chi connectivity index (χ0) is 39.4. The van der Waals surface area contributed by atoms with Crippen molar-refractivity contribution in [3.8, 4) is 22.8 Å². The van der Waals surface area contributed by atoms with Crippen LogP contribution in [0, 0.1) is 13.8 Å². The maximum Gasteiger partial charge on any atom is 0.320 e. The lowest BCUT2D eigenvalue weighted by Gasteiger charge is -2.25. The number of ether oxygens (including phenoxy) is 1. The van der Waals surface area contributed by atoms with Crippen molar-refractivity contribution in [3.05, 3.63) is 185 Å². The molecule has 284 valence electrons. The maximum absolute atomic E-state index is 13.7. The second-order valence-corrected chi connectivity index (χ2v) is 15.6. The van der Waals surface area contributed by atoms with Crippen LogP contribution in [-0.2, 0) is 18.6 Å². The largest absolute Gasteiger partial charge is 0.489 e. The Kier molecular flexibility index (Phi) is 10.6. The average molecular weight is 770 g/mol. The predicted molar refractivity (Wildman–Crippen MR) is 227 cm³/mol. The zero-order valence-electron chi connectivity index (χ0n) is 32.3. The number of fused-ring (bicyclic) bond motifs is 1. The molecule has 3 aromatic heterocycles. The number of hydrogen-bond donors (Lipinski definition) is 2. The van der Waals surface area contributed by atoms with Crippen LogP contribution in [0.1, 0.15) is 47.4 Å². The molecule has 8 rings (SSSR count). The first-order valence-electron chi connectivity index (χ1n) is 18.9. The lowest BCUT2D eigenvalue weighted by atomic mass is 9.79. The Labute approximate surface area is 336 Å². The molecule has 0 aliphatic rings. The van der Waals surface area contributed by atoms with Crippen molar-refractivity contribution < 1.29 is 9.53 Å². The van der Waals surface area contributed by atoms with Gasteiger partial charge in [0.05, 0.1) is 11.4 Å². The third-order valence-corrected chi connectivity index (χ3v) is 11.2. The summed E-state index contributed by atoms with van der Waals surface area (Å²) in [5.74, 6) is 2.10. The standard InChI is InChI=1S/C47H43N7O2S/c1-32-14-8-11-19-39(32)45-51-50-43-27-26-38(30-53(43)45)57-41-21-13-10-18-35(41)29-48-46(55)49-44-28-42(47(3,4)40-20-12-9-15-33(40)2)52-54(44)36-22-24-37(25-23-36)56-31-34-16-6-5-7-17-34/h5-28,30H,29,31H2,1-4H3,(H2,48,49,55). The molecule has 0 fully saturated rings. The summed E-state index contributed by atoms with van der Waals surface area (Å²) in [5.41, 5.74) is 8.56.